The number of nitrogens with one attached hydrogen (secondary N) is 1. The summed E-state index contributed by atoms with van der Waals surface area (Å²) in [4.78, 5) is 22.6. The number of carbonyl (C=O) groups is 2. The Balaban J connectivity index is 2.48. The Labute approximate surface area is 125 Å². The van der Waals surface area contributed by atoms with Gasteiger partial charge in [0.1, 0.15) is 5.82 Å². The van der Waals surface area contributed by atoms with Gasteiger partial charge in [0.15, 0.2) is 0 Å². The molecule has 4 nitrogen and oxygen atoms in total. The Kier molecular flexibility index (Phi) is 5.68. The van der Waals surface area contributed by atoms with Gasteiger partial charge in [-0.15, -0.1) is 0 Å². The molecule has 0 aliphatic heterocycles. The van der Waals surface area contributed by atoms with Crippen molar-refractivity contribution in [2.75, 3.05) is 6.54 Å². The number of hydrogen-bond acceptors (Lipinski definition) is 2. The smallest absolute Gasteiger partial charge is 0.310 e. The zero-order valence-electron chi connectivity index (χ0n) is 11.4. The molecular formula is C14H17BrFNO3. The molecule has 0 aromatic heterocycles. The largest absolute Gasteiger partial charge is 0.481 e. The molecule has 1 aromatic rings. The van der Waals surface area contributed by atoms with E-state index in [0.717, 1.165) is 4.47 Å². The summed E-state index contributed by atoms with van der Waals surface area (Å²) in [7, 11) is 0. The summed E-state index contributed by atoms with van der Waals surface area (Å²) >= 11 is 3.29. The third-order valence-electron chi connectivity index (χ3n) is 2.94. The number of aryl methyl sites for hydroxylation is 1. The van der Waals surface area contributed by atoms with Crippen LogP contribution in [0.1, 0.15) is 25.8 Å². The average Bonchev–Trinajstić information content (AvgIpc) is 2.37. The maximum atomic E-state index is 13.1. The van der Waals surface area contributed by atoms with Crippen LogP contribution in [0.25, 0.3) is 0 Å². The Morgan fingerprint density at radius 1 is 1.40 bits per heavy atom. The monoisotopic (exact) mass is 345 g/mol. The molecule has 0 unspecified atom stereocenters. The van der Waals surface area contributed by atoms with Crippen molar-refractivity contribution in [1.82, 2.24) is 5.32 Å². The van der Waals surface area contributed by atoms with Crippen molar-refractivity contribution in [2.45, 2.75) is 26.7 Å². The minimum absolute atomic E-state index is 0.0610. The van der Waals surface area contributed by atoms with E-state index in [1.54, 1.807) is 19.9 Å². The van der Waals surface area contributed by atoms with E-state index in [-0.39, 0.29) is 24.7 Å². The molecule has 1 amide bonds. The summed E-state index contributed by atoms with van der Waals surface area (Å²) in [5, 5.41) is 11.5. The summed E-state index contributed by atoms with van der Waals surface area (Å²) in [5.74, 6) is -1.57. The van der Waals surface area contributed by atoms with Gasteiger partial charge in [0.2, 0.25) is 5.91 Å². The normalized spacial score (nSPS) is 11.2. The van der Waals surface area contributed by atoms with Crippen LogP contribution in [0.5, 0.6) is 0 Å². The first kappa shape index (κ1) is 16.6. The highest BCUT2D eigenvalue weighted by Gasteiger charge is 2.27. The maximum absolute atomic E-state index is 13.1. The lowest BCUT2D eigenvalue weighted by Gasteiger charge is -2.19. The van der Waals surface area contributed by atoms with Gasteiger partial charge < -0.3 is 10.4 Å². The van der Waals surface area contributed by atoms with E-state index in [4.69, 9.17) is 5.11 Å². The zero-order chi connectivity index (χ0) is 15.3. The minimum atomic E-state index is -1.00. The predicted octanol–water partition coefficient (Wildman–Crippen LogP) is 2.75. The third kappa shape index (κ3) is 4.92. The van der Waals surface area contributed by atoms with E-state index < -0.39 is 11.4 Å². The third-order valence-corrected chi connectivity index (χ3v) is 3.71. The van der Waals surface area contributed by atoms with Gasteiger partial charge in [-0.2, -0.15) is 0 Å². The lowest BCUT2D eigenvalue weighted by molar-refractivity contribution is -0.146. The van der Waals surface area contributed by atoms with Gasteiger partial charge >= 0.3 is 5.97 Å². The van der Waals surface area contributed by atoms with Crippen LogP contribution in [0.3, 0.4) is 0 Å². The van der Waals surface area contributed by atoms with Crippen LogP contribution in [-0.4, -0.2) is 23.5 Å². The van der Waals surface area contributed by atoms with Crippen LogP contribution < -0.4 is 5.32 Å². The number of carboxylic acid groups (broad SMARTS) is 1. The summed E-state index contributed by atoms with van der Waals surface area (Å²) in [6, 6.07) is 4.30. The second-order valence-electron chi connectivity index (χ2n) is 5.20. The number of halogens is 2. The molecule has 0 fully saturated rings. The van der Waals surface area contributed by atoms with E-state index >= 15 is 0 Å². The zero-order valence-corrected chi connectivity index (χ0v) is 13.0. The first-order valence-electron chi connectivity index (χ1n) is 6.16. The minimum Gasteiger partial charge on any atom is -0.481 e. The van der Waals surface area contributed by atoms with Crippen molar-refractivity contribution in [3.8, 4) is 0 Å². The van der Waals surface area contributed by atoms with Crippen molar-refractivity contribution in [2.24, 2.45) is 5.41 Å². The number of aliphatic carboxylic acids is 1. The van der Waals surface area contributed by atoms with Gasteiger partial charge in [-0.25, -0.2) is 4.39 Å². The number of benzene rings is 1. The number of carbonyl (C=O) groups excluding carboxylic acids is 1. The fourth-order valence-electron chi connectivity index (χ4n) is 1.47. The van der Waals surface area contributed by atoms with Gasteiger partial charge in [0, 0.05) is 17.4 Å². The summed E-state index contributed by atoms with van der Waals surface area (Å²) in [6.45, 7) is 3.14. The van der Waals surface area contributed by atoms with Crippen LogP contribution in [0.2, 0.25) is 0 Å². The first-order valence-corrected chi connectivity index (χ1v) is 6.96. The summed E-state index contributed by atoms with van der Waals surface area (Å²) in [6.07, 6.45) is 0.565. The fraction of sp³-hybridized carbons (Fsp3) is 0.429. The Morgan fingerprint density at radius 2 is 2.05 bits per heavy atom. The molecule has 110 valence electrons. The number of hydrogen-bond donors (Lipinski definition) is 2. The molecule has 6 heteroatoms. The van der Waals surface area contributed by atoms with Crippen molar-refractivity contribution >= 4 is 27.8 Å². The van der Waals surface area contributed by atoms with E-state index in [2.05, 4.69) is 21.2 Å². The molecule has 0 aliphatic rings. The maximum Gasteiger partial charge on any atom is 0.310 e. The van der Waals surface area contributed by atoms with Crippen LogP contribution >= 0.6 is 15.9 Å². The first-order chi connectivity index (χ1) is 9.22. The lowest BCUT2D eigenvalue weighted by Crippen LogP contribution is -2.38. The standard InChI is InChI=1S/C14H17BrFNO3/c1-14(2,13(19)20)8-17-12(18)6-3-9-7-10(16)4-5-11(9)15/h4-5,7H,3,6,8H2,1-2H3,(H,17,18)(H,19,20). The number of amides is 1. The molecule has 0 spiro atoms. The molecule has 0 bridgehead atoms. The van der Waals surface area contributed by atoms with E-state index in [1.165, 1.54) is 12.1 Å². The quantitative estimate of drug-likeness (QED) is 0.832. The molecule has 2 N–H and O–H groups in total. The predicted molar refractivity (Wildman–Crippen MR) is 76.8 cm³/mol. The highest BCUT2D eigenvalue weighted by atomic mass is 79.9. The van der Waals surface area contributed by atoms with Crippen LogP contribution in [0.15, 0.2) is 22.7 Å². The Morgan fingerprint density at radius 3 is 2.65 bits per heavy atom. The van der Waals surface area contributed by atoms with Crippen LogP contribution in [0.4, 0.5) is 4.39 Å². The van der Waals surface area contributed by atoms with Crippen LogP contribution in [-0.2, 0) is 16.0 Å². The second-order valence-corrected chi connectivity index (χ2v) is 6.06. The molecule has 0 saturated carbocycles. The molecular weight excluding hydrogens is 329 g/mol. The number of rotatable bonds is 6. The fourth-order valence-corrected chi connectivity index (χ4v) is 1.91. The van der Waals surface area contributed by atoms with Crippen molar-refractivity contribution < 1.29 is 19.1 Å². The molecule has 1 rings (SSSR count). The van der Waals surface area contributed by atoms with Crippen molar-refractivity contribution in [3.05, 3.63) is 34.1 Å². The lowest BCUT2D eigenvalue weighted by atomic mass is 9.94. The Bertz CT molecular complexity index is 517. The molecule has 0 saturated heterocycles. The number of carboxylic acids is 1. The van der Waals surface area contributed by atoms with E-state index in [1.807, 2.05) is 0 Å². The van der Waals surface area contributed by atoms with Crippen LogP contribution in [0, 0.1) is 11.2 Å². The second kappa shape index (κ2) is 6.83. The molecule has 0 radical (unpaired) electrons. The van der Waals surface area contributed by atoms with E-state index in [0.29, 0.717) is 12.0 Å². The highest BCUT2D eigenvalue weighted by Crippen LogP contribution is 2.19. The van der Waals surface area contributed by atoms with Gasteiger partial charge in [0.05, 0.1) is 5.41 Å². The molecule has 20 heavy (non-hydrogen) atoms. The Hall–Kier alpha value is -1.43. The topological polar surface area (TPSA) is 66.4 Å². The van der Waals surface area contributed by atoms with Crippen molar-refractivity contribution in [3.63, 3.8) is 0 Å². The van der Waals surface area contributed by atoms with Gasteiger partial charge in [0.25, 0.3) is 0 Å². The highest BCUT2D eigenvalue weighted by molar-refractivity contribution is 9.10. The molecule has 0 aliphatic carbocycles. The molecule has 1 aromatic carbocycles. The SMILES string of the molecule is CC(C)(CNC(=O)CCc1cc(F)ccc1Br)C(=O)O. The van der Waals surface area contributed by atoms with Gasteiger partial charge in [-0.05, 0) is 44.0 Å². The summed E-state index contributed by atoms with van der Waals surface area (Å²) in [5.41, 5.74) is -0.299. The molecule has 0 heterocycles. The van der Waals surface area contributed by atoms with Gasteiger partial charge in [-0.1, -0.05) is 15.9 Å². The summed E-state index contributed by atoms with van der Waals surface area (Å²) < 4.78 is 13.8. The van der Waals surface area contributed by atoms with Crippen molar-refractivity contribution in [1.29, 1.82) is 0 Å². The average molecular weight is 346 g/mol. The van der Waals surface area contributed by atoms with Gasteiger partial charge in [-0.3, -0.25) is 9.59 Å². The molecule has 0 atom stereocenters. The van der Waals surface area contributed by atoms with E-state index in [9.17, 15) is 14.0 Å².